The lowest BCUT2D eigenvalue weighted by Gasteiger charge is -2.06. The smallest absolute Gasteiger partial charge is 0.320 e. The average molecular weight is 319 g/mol. The van der Waals surface area contributed by atoms with E-state index in [9.17, 15) is 0 Å². The van der Waals surface area contributed by atoms with Gasteiger partial charge in [0.2, 0.25) is 0 Å². The molecule has 2 N–H and O–H groups in total. The van der Waals surface area contributed by atoms with Gasteiger partial charge in [-0.2, -0.15) is 9.97 Å². The second-order valence-electron chi connectivity index (χ2n) is 4.77. The molecule has 0 aliphatic carbocycles. The molecule has 7 nitrogen and oxygen atoms in total. The topological polar surface area (TPSA) is 91.7 Å². The van der Waals surface area contributed by atoms with Gasteiger partial charge in [0.05, 0.1) is 19.5 Å². The van der Waals surface area contributed by atoms with Gasteiger partial charge in [0.1, 0.15) is 5.15 Å². The van der Waals surface area contributed by atoms with Gasteiger partial charge in [0.15, 0.2) is 17.0 Å². The van der Waals surface area contributed by atoms with Crippen LogP contribution in [0.2, 0.25) is 5.15 Å². The molecule has 0 atom stereocenters. The van der Waals surface area contributed by atoms with Crippen molar-refractivity contribution in [3.05, 3.63) is 35.4 Å². The van der Waals surface area contributed by atoms with Crippen molar-refractivity contribution in [2.75, 3.05) is 12.3 Å². The van der Waals surface area contributed by atoms with E-state index in [0.717, 1.165) is 12.0 Å². The highest BCUT2D eigenvalue weighted by Gasteiger charge is 2.12. The normalized spacial score (nSPS) is 11.0. The number of aromatic nitrogens is 5. The first-order chi connectivity index (χ1) is 10.7. The lowest BCUT2D eigenvalue weighted by Crippen LogP contribution is -2.05. The van der Waals surface area contributed by atoms with Gasteiger partial charge in [-0.15, -0.1) is 0 Å². The Morgan fingerprint density at radius 3 is 2.86 bits per heavy atom. The molecule has 0 aliphatic rings. The number of halogens is 1. The zero-order valence-corrected chi connectivity index (χ0v) is 12.8. The number of hydrogen-bond donors (Lipinski definition) is 1. The molecule has 0 radical (unpaired) electrons. The second kappa shape index (κ2) is 6.15. The van der Waals surface area contributed by atoms with Crippen molar-refractivity contribution >= 4 is 28.6 Å². The van der Waals surface area contributed by atoms with E-state index >= 15 is 0 Å². The molecule has 0 spiro atoms. The van der Waals surface area contributed by atoms with Crippen LogP contribution >= 0.6 is 11.6 Å². The maximum absolute atomic E-state index is 5.92. The maximum Gasteiger partial charge on any atom is 0.320 e. The Hall–Kier alpha value is -2.41. The van der Waals surface area contributed by atoms with Crippen LogP contribution in [-0.4, -0.2) is 31.1 Å². The molecule has 0 bridgehead atoms. The Morgan fingerprint density at radius 2 is 2.14 bits per heavy atom. The largest absolute Gasteiger partial charge is 0.463 e. The minimum Gasteiger partial charge on any atom is -0.463 e. The Kier molecular flexibility index (Phi) is 4.06. The standard InChI is InChI=1S/C14H15ClN6O/c1-2-5-22-14-19-12(16)11-13(20-14)21(8-18-11)7-9-3-4-10(15)17-6-9/h3-4,6,8H,2,5,7H2,1H3,(H2,16,19,20). The summed E-state index contributed by atoms with van der Waals surface area (Å²) in [7, 11) is 0. The van der Waals surface area contributed by atoms with E-state index < -0.39 is 0 Å². The third-order valence-corrected chi connectivity index (χ3v) is 3.27. The Balaban J connectivity index is 1.95. The van der Waals surface area contributed by atoms with Crippen LogP contribution in [0.5, 0.6) is 6.01 Å². The van der Waals surface area contributed by atoms with Gasteiger partial charge >= 0.3 is 6.01 Å². The first kappa shape index (κ1) is 14.5. The fourth-order valence-corrected chi connectivity index (χ4v) is 2.13. The number of rotatable bonds is 5. The fraction of sp³-hybridized carbons (Fsp3) is 0.286. The zero-order valence-electron chi connectivity index (χ0n) is 12.0. The van der Waals surface area contributed by atoms with Gasteiger partial charge in [0, 0.05) is 6.20 Å². The number of ether oxygens (including phenoxy) is 1. The summed E-state index contributed by atoms with van der Waals surface area (Å²) in [4.78, 5) is 16.8. The van der Waals surface area contributed by atoms with Crippen LogP contribution in [0.3, 0.4) is 0 Å². The zero-order chi connectivity index (χ0) is 15.5. The molecule has 0 aliphatic heterocycles. The van der Waals surface area contributed by atoms with E-state index in [0.29, 0.717) is 35.3 Å². The van der Waals surface area contributed by atoms with Crippen molar-refractivity contribution < 1.29 is 4.74 Å². The summed E-state index contributed by atoms with van der Waals surface area (Å²) in [5.74, 6) is 0.309. The second-order valence-corrected chi connectivity index (χ2v) is 5.16. The number of pyridine rings is 1. The molecule has 0 fully saturated rings. The summed E-state index contributed by atoms with van der Waals surface area (Å²) in [6.45, 7) is 3.12. The summed E-state index contributed by atoms with van der Waals surface area (Å²) in [5.41, 5.74) is 8.10. The number of nitrogens with zero attached hydrogens (tertiary/aromatic N) is 5. The number of nitrogen functional groups attached to an aromatic ring is 1. The molecule has 0 aromatic carbocycles. The molecule has 22 heavy (non-hydrogen) atoms. The number of imidazole rings is 1. The van der Waals surface area contributed by atoms with Gasteiger partial charge in [-0.3, -0.25) is 0 Å². The SMILES string of the molecule is CCCOc1nc(N)c2ncn(Cc3ccc(Cl)nc3)c2n1. The summed E-state index contributed by atoms with van der Waals surface area (Å²) in [5, 5.41) is 0.459. The van der Waals surface area contributed by atoms with E-state index in [1.54, 1.807) is 18.6 Å². The van der Waals surface area contributed by atoms with Gasteiger partial charge < -0.3 is 15.0 Å². The quantitative estimate of drug-likeness (QED) is 0.726. The minimum absolute atomic E-state index is 0.267. The number of anilines is 1. The first-order valence-corrected chi connectivity index (χ1v) is 7.26. The van der Waals surface area contributed by atoms with Crippen molar-refractivity contribution in [3.8, 4) is 6.01 Å². The van der Waals surface area contributed by atoms with Crippen molar-refractivity contribution in [2.45, 2.75) is 19.9 Å². The molecule has 0 saturated carbocycles. The molecule has 114 valence electrons. The van der Waals surface area contributed by atoms with Crippen molar-refractivity contribution in [2.24, 2.45) is 0 Å². The predicted octanol–water partition coefficient (Wildman–Crippen LogP) is 2.29. The van der Waals surface area contributed by atoms with Gasteiger partial charge in [-0.05, 0) is 18.1 Å². The highest BCUT2D eigenvalue weighted by Crippen LogP contribution is 2.20. The van der Waals surface area contributed by atoms with Gasteiger partial charge in [-0.25, -0.2) is 9.97 Å². The van der Waals surface area contributed by atoms with Gasteiger partial charge in [-0.1, -0.05) is 24.6 Å². The fourth-order valence-electron chi connectivity index (χ4n) is 2.02. The van der Waals surface area contributed by atoms with Crippen LogP contribution in [0.15, 0.2) is 24.7 Å². The monoisotopic (exact) mass is 318 g/mol. The van der Waals surface area contributed by atoms with E-state index in [-0.39, 0.29) is 6.01 Å². The third kappa shape index (κ3) is 2.94. The molecule has 8 heteroatoms. The number of fused-ring (bicyclic) bond motifs is 1. The van der Waals surface area contributed by atoms with Crippen molar-refractivity contribution in [3.63, 3.8) is 0 Å². The van der Waals surface area contributed by atoms with Crippen molar-refractivity contribution in [1.29, 1.82) is 0 Å². The van der Waals surface area contributed by atoms with Crippen LogP contribution in [0, 0.1) is 0 Å². The lowest BCUT2D eigenvalue weighted by atomic mass is 10.3. The molecule has 3 aromatic rings. The first-order valence-electron chi connectivity index (χ1n) is 6.89. The predicted molar refractivity (Wildman–Crippen MR) is 83.9 cm³/mol. The molecule has 0 unspecified atom stereocenters. The molecular weight excluding hydrogens is 304 g/mol. The Bertz CT molecular complexity index is 786. The van der Waals surface area contributed by atoms with E-state index in [4.69, 9.17) is 22.1 Å². The molecule has 0 saturated heterocycles. The molecular formula is C14H15ClN6O. The number of hydrogen-bond acceptors (Lipinski definition) is 6. The summed E-state index contributed by atoms with van der Waals surface area (Å²) in [6.07, 6.45) is 4.26. The molecule has 3 heterocycles. The van der Waals surface area contributed by atoms with E-state index in [1.807, 2.05) is 17.6 Å². The van der Waals surface area contributed by atoms with Crippen LogP contribution in [0.25, 0.3) is 11.2 Å². The Labute approximate surface area is 132 Å². The lowest BCUT2D eigenvalue weighted by molar-refractivity contribution is 0.293. The maximum atomic E-state index is 5.92. The number of nitrogens with two attached hydrogens (primary N) is 1. The minimum atomic E-state index is 0.267. The van der Waals surface area contributed by atoms with Crippen LogP contribution in [0.1, 0.15) is 18.9 Å². The summed E-state index contributed by atoms with van der Waals surface area (Å²) in [6, 6.07) is 3.91. The van der Waals surface area contributed by atoms with Crippen LogP contribution in [0.4, 0.5) is 5.82 Å². The summed E-state index contributed by atoms with van der Waals surface area (Å²) >= 11 is 5.79. The Morgan fingerprint density at radius 1 is 1.27 bits per heavy atom. The molecule has 3 aromatic heterocycles. The third-order valence-electron chi connectivity index (χ3n) is 3.05. The van der Waals surface area contributed by atoms with Crippen molar-refractivity contribution in [1.82, 2.24) is 24.5 Å². The van der Waals surface area contributed by atoms with E-state index in [1.165, 1.54) is 0 Å². The van der Waals surface area contributed by atoms with Gasteiger partial charge in [0.25, 0.3) is 0 Å². The highest BCUT2D eigenvalue weighted by molar-refractivity contribution is 6.29. The van der Waals surface area contributed by atoms with E-state index in [2.05, 4.69) is 19.9 Å². The molecule has 0 amide bonds. The van der Waals surface area contributed by atoms with Crippen LogP contribution < -0.4 is 10.5 Å². The van der Waals surface area contributed by atoms with Crippen LogP contribution in [-0.2, 0) is 6.54 Å². The average Bonchev–Trinajstić information content (AvgIpc) is 2.91. The molecule has 3 rings (SSSR count). The summed E-state index contributed by atoms with van der Waals surface area (Å²) < 4.78 is 7.33. The highest BCUT2D eigenvalue weighted by atomic mass is 35.5.